The molecule has 1 atom stereocenters. The third kappa shape index (κ3) is 2.86. The highest BCUT2D eigenvalue weighted by molar-refractivity contribution is 5.93. The van der Waals surface area contributed by atoms with Gasteiger partial charge in [-0.2, -0.15) is 0 Å². The fourth-order valence-electron chi connectivity index (χ4n) is 0.398. The van der Waals surface area contributed by atoms with Crippen molar-refractivity contribution in [1.29, 1.82) is 0 Å². The van der Waals surface area contributed by atoms with Crippen molar-refractivity contribution in [2.24, 2.45) is 5.73 Å². The summed E-state index contributed by atoms with van der Waals surface area (Å²) in [6, 6.07) is 0. The molecule has 0 aromatic carbocycles. The summed E-state index contributed by atoms with van der Waals surface area (Å²) in [5.74, 6) is -0.362. The second-order valence-corrected chi connectivity index (χ2v) is 1.69. The number of hydrogen-bond acceptors (Lipinski definition) is 3. The van der Waals surface area contributed by atoms with Crippen molar-refractivity contribution in [3.05, 3.63) is 12.7 Å². The summed E-state index contributed by atoms with van der Waals surface area (Å²) >= 11 is 0. The number of ether oxygens (including phenoxy) is 1. The summed E-state index contributed by atoms with van der Waals surface area (Å²) in [7, 11) is 0. The average molecular weight is 143 g/mol. The van der Waals surface area contributed by atoms with Gasteiger partial charge in [0.25, 0.3) is 0 Å². The van der Waals surface area contributed by atoms with Gasteiger partial charge >= 0.3 is 6.09 Å². The van der Waals surface area contributed by atoms with Gasteiger partial charge in [0.1, 0.15) is 0 Å². The molecule has 0 spiro atoms. The van der Waals surface area contributed by atoms with Gasteiger partial charge < -0.3 is 10.5 Å². The van der Waals surface area contributed by atoms with Crippen molar-refractivity contribution < 1.29 is 14.3 Å². The molecule has 10 heavy (non-hydrogen) atoms. The van der Waals surface area contributed by atoms with Gasteiger partial charge in [-0.3, -0.25) is 4.79 Å². The first-order chi connectivity index (χ1) is 4.57. The van der Waals surface area contributed by atoms with Crippen LogP contribution in [0.1, 0.15) is 6.92 Å². The second kappa shape index (κ2) is 3.66. The van der Waals surface area contributed by atoms with E-state index in [1.54, 1.807) is 0 Å². The Labute approximate surface area is 58.7 Å². The maximum atomic E-state index is 10.6. The Morgan fingerprint density at radius 3 is 2.50 bits per heavy atom. The molecule has 2 N–H and O–H groups in total. The van der Waals surface area contributed by atoms with E-state index in [2.05, 4.69) is 17.0 Å². The lowest BCUT2D eigenvalue weighted by molar-refractivity contribution is -0.121. The van der Waals surface area contributed by atoms with Gasteiger partial charge in [0.15, 0.2) is 11.9 Å². The normalized spacial score (nSPS) is 11.7. The van der Waals surface area contributed by atoms with E-state index in [4.69, 9.17) is 0 Å². The summed E-state index contributed by atoms with van der Waals surface area (Å²) in [5.41, 5.74) is 4.64. The SMILES string of the molecule is C=CC(=O)C(C)OC(N)=O. The number of carbonyl (C=O) groups is 2. The standard InChI is InChI=1S/C6H9NO3/c1-3-5(8)4(2)10-6(7)9/h3-4H,1H2,2H3,(H2,7,9). The molecule has 0 aliphatic rings. The van der Waals surface area contributed by atoms with Gasteiger partial charge in [-0.15, -0.1) is 0 Å². The Morgan fingerprint density at radius 1 is 1.70 bits per heavy atom. The molecule has 0 fully saturated rings. The van der Waals surface area contributed by atoms with E-state index in [1.165, 1.54) is 6.92 Å². The summed E-state index contributed by atoms with van der Waals surface area (Å²) in [4.78, 5) is 20.6. The van der Waals surface area contributed by atoms with E-state index in [0.717, 1.165) is 6.08 Å². The Bertz CT molecular complexity index is 164. The highest BCUT2D eigenvalue weighted by Gasteiger charge is 2.11. The molecule has 4 nitrogen and oxygen atoms in total. The van der Waals surface area contributed by atoms with Crippen LogP contribution in [0.15, 0.2) is 12.7 Å². The highest BCUT2D eigenvalue weighted by Crippen LogP contribution is 1.92. The molecule has 0 rings (SSSR count). The van der Waals surface area contributed by atoms with E-state index in [-0.39, 0.29) is 5.78 Å². The van der Waals surface area contributed by atoms with E-state index in [1.807, 2.05) is 0 Å². The number of carbonyl (C=O) groups excluding carboxylic acids is 2. The van der Waals surface area contributed by atoms with Crippen LogP contribution in [-0.4, -0.2) is 18.0 Å². The Morgan fingerprint density at radius 2 is 2.20 bits per heavy atom. The Kier molecular flexibility index (Phi) is 3.17. The molecule has 0 aromatic heterocycles. The van der Waals surface area contributed by atoms with Crippen LogP contribution in [0.2, 0.25) is 0 Å². The van der Waals surface area contributed by atoms with Crippen LogP contribution in [0, 0.1) is 0 Å². The van der Waals surface area contributed by atoms with Crippen molar-refractivity contribution in [3.63, 3.8) is 0 Å². The zero-order valence-electron chi connectivity index (χ0n) is 5.66. The topological polar surface area (TPSA) is 69.4 Å². The van der Waals surface area contributed by atoms with Gasteiger partial charge in [0.2, 0.25) is 0 Å². The van der Waals surface area contributed by atoms with Crippen LogP contribution >= 0.6 is 0 Å². The van der Waals surface area contributed by atoms with Crippen molar-refractivity contribution in [3.8, 4) is 0 Å². The number of amides is 1. The van der Waals surface area contributed by atoms with Gasteiger partial charge in [0, 0.05) is 0 Å². The lowest BCUT2D eigenvalue weighted by Crippen LogP contribution is -2.25. The maximum Gasteiger partial charge on any atom is 0.405 e. The summed E-state index contributed by atoms with van der Waals surface area (Å²) < 4.78 is 4.32. The lowest BCUT2D eigenvalue weighted by atomic mass is 10.2. The minimum atomic E-state index is -0.956. The lowest BCUT2D eigenvalue weighted by Gasteiger charge is -2.05. The largest absolute Gasteiger partial charge is 0.438 e. The molecule has 0 aliphatic carbocycles. The minimum absolute atomic E-state index is 0.362. The van der Waals surface area contributed by atoms with Crippen LogP contribution in [0.5, 0.6) is 0 Å². The van der Waals surface area contributed by atoms with Crippen molar-refractivity contribution in [2.75, 3.05) is 0 Å². The van der Waals surface area contributed by atoms with Crippen molar-refractivity contribution in [2.45, 2.75) is 13.0 Å². The maximum absolute atomic E-state index is 10.6. The van der Waals surface area contributed by atoms with Gasteiger partial charge in [-0.25, -0.2) is 4.79 Å². The molecule has 4 heteroatoms. The third-order valence-electron chi connectivity index (χ3n) is 0.895. The molecule has 0 bridgehead atoms. The molecule has 0 aromatic rings. The molecule has 1 unspecified atom stereocenters. The van der Waals surface area contributed by atoms with E-state index < -0.39 is 12.2 Å². The molecule has 56 valence electrons. The average Bonchev–Trinajstić information content (AvgIpc) is 1.85. The van der Waals surface area contributed by atoms with Crippen molar-refractivity contribution in [1.82, 2.24) is 0 Å². The molecule has 0 heterocycles. The first kappa shape index (κ1) is 8.68. The van der Waals surface area contributed by atoms with Crippen LogP contribution in [0.4, 0.5) is 4.79 Å². The fourth-order valence-corrected chi connectivity index (χ4v) is 0.398. The first-order valence-electron chi connectivity index (χ1n) is 2.70. The van der Waals surface area contributed by atoms with Gasteiger partial charge in [0.05, 0.1) is 0 Å². The third-order valence-corrected chi connectivity index (χ3v) is 0.895. The van der Waals surface area contributed by atoms with Crippen LogP contribution in [0.3, 0.4) is 0 Å². The van der Waals surface area contributed by atoms with E-state index in [0.29, 0.717) is 0 Å². The zero-order chi connectivity index (χ0) is 8.15. The second-order valence-electron chi connectivity index (χ2n) is 1.69. The summed E-state index contributed by atoms with van der Waals surface area (Å²) in [6.07, 6.45) is -0.703. The zero-order valence-corrected chi connectivity index (χ0v) is 5.66. The number of ketones is 1. The van der Waals surface area contributed by atoms with Crippen LogP contribution in [0.25, 0.3) is 0 Å². The number of primary amides is 1. The van der Waals surface area contributed by atoms with E-state index in [9.17, 15) is 9.59 Å². The predicted octanol–water partition coefficient (Wildman–Crippen LogP) is 0.225. The van der Waals surface area contributed by atoms with Crippen LogP contribution < -0.4 is 5.73 Å². The number of nitrogens with two attached hydrogens (primary N) is 1. The summed E-state index contributed by atoms with van der Waals surface area (Å²) in [6.45, 7) is 4.63. The molecule has 0 aliphatic heterocycles. The highest BCUT2D eigenvalue weighted by atomic mass is 16.6. The van der Waals surface area contributed by atoms with Gasteiger partial charge in [-0.1, -0.05) is 6.58 Å². The Hall–Kier alpha value is -1.32. The molecular weight excluding hydrogens is 134 g/mol. The molecular formula is C6H9NO3. The van der Waals surface area contributed by atoms with E-state index >= 15 is 0 Å². The summed E-state index contributed by atoms with van der Waals surface area (Å²) in [5, 5.41) is 0. The molecule has 0 saturated carbocycles. The first-order valence-corrected chi connectivity index (χ1v) is 2.70. The fraction of sp³-hybridized carbons (Fsp3) is 0.333. The van der Waals surface area contributed by atoms with Gasteiger partial charge in [-0.05, 0) is 13.0 Å². The quantitative estimate of drug-likeness (QED) is 0.575. The number of rotatable bonds is 3. The molecule has 0 saturated heterocycles. The smallest absolute Gasteiger partial charge is 0.405 e. The van der Waals surface area contributed by atoms with Crippen LogP contribution in [-0.2, 0) is 9.53 Å². The monoisotopic (exact) mass is 143 g/mol. The molecule has 0 radical (unpaired) electrons. The predicted molar refractivity (Wildman–Crippen MR) is 35.3 cm³/mol. The van der Waals surface area contributed by atoms with Crippen molar-refractivity contribution >= 4 is 11.9 Å². The molecule has 1 amide bonds. The Balaban J connectivity index is 3.84. The minimum Gasteiger partial charge on any atom is -0.438 e. The number of hydrogen-bond donors (Lipinski definition) is 1.